The molecule has 2 nitrogen and oxygen atoms in total. The van der Waals surface area contributed by atoms with E-state index in [0.29, 0.717) is 0 Å². The second kappa shape index (κ2) is 5.35. The molecule has 0 saturated heterocycles. The molecule has 0 amide bonds. The quantitative estimate of drug-likeness (QED) is 0.636. The molecule has 0 atom stereocenters. The molecule has 66 valence electrons. The van der Waals surface area contributed by atoms with Crippen LogP contribution in [0.4, 0.5) is 0 Å². The smallest absolute Gasteiger partial charge is 0.0878 e. The van der Waals surface area contributed by atoms with E-state index in [1.54, 1.807) is 6.20 Å². The molecule has 0 aliphatic rings. The van der Waals surface area contributed by atoms with E-state index in [1.807, 2.05) is 38.2 Å². The minimum Gasteiger partial charge on any atom is -0.360 e. The average Bonchev–Trinajstić information content (AvgIpc) is 2.55. The van der Waals surface area contributed by atoms with Crippen molar-refractivity contribution in [1.82, 2.24) is 9.97 Å². The fourth-order valence-corrected chi connectivity index (χ4v) is 0.883. The van der Waals surface area contributed by atoms with Crippen LogP contribution in [0.5, 0.6) is 0 Å². The van der Waals surface area contributed by atoms with Gasteiger partial charge in [-0.2, -0.15) is 0 Å². The van der Waals surface area contributed by atoms with Crippen LogP contribution < -0.4 is 0 Å². The number of aromatic amines is 1. The highest BCUT2D eigenvalue weighted by Crippen LogP contribution is 2.05. The lowest BCUT2D eigenvalue weighted by Gasteiger charge is -1.82. The Bertz CT molecular complexity index is 282. The Kier molecular flexibility index (Phi) is 4.77. The number of H-pyrrole nitrogens is 1. The van der Waals surface area contributed by atoms with Gasteiger partial charge in [0.25, 0.3) is 0 Å². The molecule has 2 aromatic heterocycles. The predicted molar refractivity (Wildman–Crippen MR) is 54.2 cm³/mol. The topological polar surface area (TPSA) is 28.7 Å². The minimum atomic E-state index is 0. The number of rotatable bonds is 0. The van der Waals surface area contributed by atoms with Crippen molar-refractivity contribution in [3.63, 3.8) is 0 Å². The van der Waals surface area contributed by atoms with Crippen molar-refractivity contribution in [3.8, 4) is 0 Å². The lowest BCUT2D eigenvalue weighted by atomic mass is 10.4. The summed E-state index contributed by atoms with van der Waals surface area (Å²) in [4.78, 5) is 7.17. The average molecular weight is 164 g/mol. The van der Waals surface area contributed by atoms with Gasteiger partial charge in [-0.1, -0.05) is 21.3 Å². The third-order valence-electron chi connectivity index (χ3n) is 1.32. The van der Waals surface area contributed by atoms with Crippen LogP contribution in [0.2, 0.25) is 0 Å². The van der Waals surface area contributed by atoms with E-state index >= 15 is 0 Å². The highest BCUT2D eigenvalue weighted by Gasteiger charge is 1.88. The first-order valence-corrected chi connectivity index (χ1v) is 3.85. The van der Waals surface area contributed by atoms with E-state index in [9.17, 15) is 0 Å². The Morgan fingerprint density at radius 3 is 2.67 bits per heavy atom. The molecule has 2 rings (SSSR count). The summed E-state index contributed by atoms with van der Waals surface area (Å²) in [6.07, 6.45) is 3.67. The summed E-state index contributed by atoms with van der Waals surface area (Å²) in [5.74, 6) is 0. The molecule has 0 aliphatic carbocycles. The summed E-state index contributed by atoms with van der Waals surface area (Å²) in [7, 11) is 0. The van der Waals surface area contributed by atoms with Gasteiger partial charge in [-0.3, -0.25) is 4.98 Å². The molecule has 2 heteroatoms. The van der Waals surface area contributed by atoms with Crippen molar-refractivity contribution in [2.75, 3.05) is 0 Å². The third kappa shape index (κ3) is 2.09. The zero-order valence-electron chi connectivity index (χ0n) is 6.83. The second-order valence-corrected chi connectivity index (χ2v) is 1.91. The molecule has 0 saturated carbocycles. The van der Waals surface area contributed by atoms with E-state index in [0.717, 1.165) is 11.0 Å². The Morgan fingerprint density at radius 2 is 2.00 bits per heavy atom. The van der Waals surface area contributed by atoms with Crippen molar-refractivity contribution in [2.45, 2.75) is 21.3 Å². The van der Waals surface area contributed by atoms with Crippen molar-refractivity contribution >= 4 is 11.0 Å². The predicted octanol–water partition coefficient (Wildman–Crippen LogP) is 3.23. The Morgan fingerprint density at radius 1 is 1.25 bits per heavy atom. The number of nitrogens with zero attached hydrogens (tertiary/aromatic N) is 1. The third-order valence-corrected chi connectivity index (χ3v) is 1.32. The first-order valence-electron chi connectivity index (χ1n) is 3.85. The number of hydrogen-bond acceptors (Lipinski definition) is 1. The van der Waals surface area contributed by atoms with Crippen LogP contribution in [0.25, 0.3) is 11.0 Å². The van der Waals surface area contributed by atoms with E-state index < -0.39 is 0 Å². The Balaban J connectivity index is 0.000000378. The monoisotopic (exact) mass is 164 g/mol. The van der Waals surface area contributed by atoms with Crippen LogP contribution in [-0.2, 0) is 0 Å². The molecule has 0 unspecified atom stereocenters. The van der Waals surface area contributed by atoms with Gasteiger partial charge in [0.1, 0.15) is 0 Å². The van der Waals surface area contributed by atoms with E-state index in [2.05, 4.69) is 9.97 Å². The number of fused-ring (bicyclic) bond motifs is 1. The molecule has 0 bridgehead atoms. The zero-order chi connectivity index (χ0) is 8.10. The number of pyridine rings is 1. The SMILES string of the molecule is C.CC.c1cnc2cc[nH]c2c1. The van der Waals surface area contributed by atoms with Crippen LogP contribution in [0.3, 0.4) is 0 Å². The summed E-state index contributed by atoms with van der Waals surface area (Å²) in [6.45, 7) is 4.00. The number of hydrogen-bond donors (Lipinski definition) is 1. The molecule has 0 aliphatic heterocycles. The molecular formula is C10H16N2. The van der Waals surface area contributed by atoms with Gasteiger partial charge < -0.3 is 4.98 Å². The van der Waals surface area contributed by atoms with E-state index in [1.165, 1.54) is 0 Å². The molecular weight excluding hydrogens is 148 g/mol. The van der Waals surface area contributed by atoms with Crippen molar-refractivity contribution in [3.05, 3.63) is 30.6 Å². The molecule has 0 aromatic carbocycles. The molecule has 0 radical (unpaired) electrons. The van der Waals surface area contributed by atoms with Gasteiger partial charge in [0.15, 0.2) is 0 Å². The zero-order valence-corrected chi connectivity index (χ0v) is 6.83. The summed E-state index contributed by atoms with van der Waals surface area (Å²) in [6, 6.07) is 5.87. The lowest BCUT2D eigenvalue weighted by Crippen LogP contribution is -1.68. The fourth-order valence-electron chi connectivity index (χ4n) is 0.883. The summed E-state index contributed by atoms with van der Waals surface area (Å²) < 4.78 is 0. The van der Waals surface area contributed by atoms with Gasteiger partial charge in [0.2, 0.25) is 0 Å². The van der Waals surface area contributed by atoms with Crippen molar-refractivity contribution in [1.29, 1.82) is 0 Å². The standard InChI is InChI=1S/C7H6N2.C2H6.CH4/c1-2-6-7(8-4-1)3-5-9-6;1-2;/h1-5,9H;1-2H3;1H4. The first kappa shape index (κ1) is 10.7. The molecule has 2 heterocycles. The van der Waals surface area contributed by atoms with E-state index in [4.69, 9.17) is 0 Å². The maximum Gasteiger partial charge on any atom is 0.0878 e. The summed E-state index contributed by atoms with van der Waals surface area (Å²) in [5, 5.41) is 0. The highest BCUT2D eigenvalue weighted by molar-refractivity contribution is 5.73. The maximum atomic E-state index is 4.11. The molecule has 1 N–H and O–H groups in total. The van der Waals surface area contributed by atoms with Crippen molar-refractivity contribution < 1.29 is 0 Å². The lowest BCUT2D eigenvalue weighted by molar-refractivity contribution is 1.41. The van der Waals surface area contributed by atoms with E-state index in [-0.39, 0.29) is 7.43 Å². The van der Waals surface area contributed by atoms with Gasteiger partial charge in [-0.15, -0.1) is 0 Å². The molecule has 2 aromatic rings. The largest absolute Gasteiger partial charge is 0.360 e. The van der Waals surface area contributed by atoms with Crippen LogP contribution >= 0.6 is 0 Å². The summed E-state index contributed by atoms with van der Waals surface area (Å²) in [5.41, 5.74) is 2.12. The number of nitrogens with one attached hydrogen (secondary N) is 1. The molecule has 12 heavy (non-hydrogen) atoms. The summed E-state index contributed by atoms with van der Waals surface area (Å²) >= 11 is 0. The van der Waals surface area contributed by atoms with Crippen LogP contribution in [0.1, 0.15) is 21.3 Å². The Hall–Kier alpha value is -1.31. The van der Waals surface area contributed by atoms with Crippen LogP contribution in [-0.4, -0.2) is 9.97 Å². The van der Waals surface area contributed by atoms with Gasteiger partial charge in [-0.25, -0.2) is 0 Å². The van der Waals surface area contributed by atoms with Gasteiger partial charge in [0.05, 0.1) is 11.0 Å². The first-order chi connectivity index (χ1) is 5.47. The van der Waals surface area contributed by atoms with Gasteiger partial charge in [0, 0.05) is 12.4 Å². The Labute approximate surface area is 73.6 Å². The molecule has 0 spiro atoms. The van der Waals surface area contributed by atoms with Crippen molar-refractivity contribution in [2.24, 2.45) is 0 Å². The molecule has 0 fully saturated rings. The van der Waals surface area contributed by atoms with Crippen LogP contribution in [0, 0.1) is 0 Å². The second-order valence-electron chi connectivity index (χ2n) is 1.91. The maximum absolute atomic E-state index is 4.11. The minimum absolute atomic E-state index is 0. The fraction of sp³-hybridized carbons (Fsp3) is 0.300. The highest BCUT2D eigenvalue weighted by atomic mass is 14.7. The normalized spacial score (nSPS) is 8.17. The van der Waals surface area contributed by atoms with Gasteiger partial charge >= 0.3 is 0 Å². The van der Waals surface area contributed by atoms with Gasteiger partial charge in [-0.05, 0) is 18.2 Å². The number of aromatic nitrogens is 2. The van der Waals surface area contributed by atoms with Crippen LogP contribution in [0.15, 0.2) is 30.6 Å².